The van der Waals surface area contributed by atoms with Gasteiger partial charge in [0.15, 0.2) is 0 Å². The Morgan fingerprint density at radius 1 is 1.55 bits per heavy atom. The van der Waals surface area contributed by atoms with Crippen LogP contribution in [0.3, 0.4) is 0 Å². The zero-order valence-corrected chi connectivity index (χ0v) is 5.74. The Morgan fingerprint density at radius 2 is 2.27 bits per heavy atom. The van der Waals surface area contributed by atoms with Gasteiger partial charge >= 0.3 is 6.03 Å². The molecule has 58 valence electrons. The number of amides is 2. The summed E-state index contributed by atoms with van der Waals surface area (Å²) in [4.78, 5) is 10.3. The van der Waals surface area contributed by atoms with Crippen LogP contribution in [0.5, 0.6) is 5.75 Å². The maximum Gasteiger partial charge on any atom is 0.316 e. The number of hydrogen-bond acceptors (Lipinski definition) is 2. The Balaban J connectivity index is 2.79. The molecular weight excluding hydrogens is 144 g/mol. The number of urea groups is 1. The molecule has 11 heavy (non-hydrogen) atoms. The van der Waals surface area contributed by atoms with Gasteiger partial charge in [0.05, 0.1) is 0 Å². The lowest BCUT2D eigenvalue weighted by Crippen LogP contribution is -2.18. The molecule has 4 heteroatoms. The predicted molar refractivity (Wildman–Crippen MR) is 41.3 cm³/mol. The molecule has 0 spiro atoms. The van der Waals surface area contributed by atoms with Gasteiger partial charge in [-0.25, -0.2) is 4.79 Å². The molecule has 1 aromatic carbocycles. The standard InChI is InChI=1S/C7H8N2O2/c8-7(11)9-5-2-1-3-6(10)4-5/h1-4,10H,(H3,8,9,11). The highest BCUT2D eigenvalue weighted by molar-refractivity contribution is 5.87. The first kappa shape index (κ1) is 7.40. The lowest BCUT2D eigenvalue weighted by Gasteiger charge is -2.00. The fourth-order valence-electron chi connectivity index (χ4n) is 0.726. The number of hydrogen-bond donors (Lipinski definition) is 3. The van der Waals surface area contributed by atoms with E-state index < -0.39 is 6.03 Å². The minimum Gasteiger partial charge on any atom is -0.508 e. The average Bonchev–Trinajstić information content (AvgIpc) is 1.85. The van der Waals surface area contributed by atoms with E-state index in [1.54, 1.807) is 12.1 Å². The van der Waals surface area contributed by atoms with Gasteiger partial charge in [0.25, 0.3) is 0 Å². The first-order valence-corrected chi connectivity index (χ1v) is 3.04. The number of phenols is 1. The van der Waals surface area contributed by atoms with Gasteiger partial charge in [-0.3, -0.25) is 0 Å². The summed E-state index contributed by atoms with van der Waals surface area (Å²) in [6, 6.07) is 5.51. The number of aromatic hydroxyl groups is 1. The largest absolute Gasteiger partial charge is 0.508 e. The highest BCUT2D eigenvalue weighted by atomic mass is 16.3. The number of nitrogens with one attached hydrogen (secondary N) is 1. The number of benzene rings is 1. The molecule has 1 rings (SSSR count). The molecule has 2 amide bonds. The van der Waals surface area contributed by atoms with Gasteiger partial charge in [0.1, 0.15) is 5.75 Å². The number of carbonyl (C=O) groups excluding carboxylic acids is 1. The smallest absolute Gasteiger partial charge is 0.316 e. The zero-order chi connectivity index (χ0) is 8.27. The molecule has 0 fully saturated rings. The fourth-order valence-corrected chi connectivity index (χ4v) is 0.726. The van der Waals surface area contributed by atoms with Crippen LogP contribution in [0.25, 0.3) is 0 Å². The van der Waals surface area contributed by atoms with E-state index in [0.717, 1.165) is 0 Å². The minimum atomic E-state index is -0.643. The average molecular weight is 152 g/mol. The molecule has 0 saturated heterocycles. The van der Waals surface area contributed by atoms with Crippen LogP contribution < -0.4 is 11.1 Å². The molecule has 0 aliphatic heterocycles. The van der Waals surface area contributed by atoms with Crippen molar-refractivity contribution in [3.8, 4) is 5.75 Å². The molecule has 0 aliphatic rings. The lowest BCUT2D eigenvalue weighted by molar-refractivity contribution is 0.259. The SMILES string of the molecule is NC(=O)Nc1cccc(O)c1. The molecule has 0 atom stereocenters. The number of primary amides is 1. The summed E-state index contributed by atoms with van der Waals surface area (Å²) in [6.45, 7) is 0. The Kier molecular flexibility index (Phi) is 1.96. The van der Waals surface area contributed by atoms with Crippen molar-refractivity contribution >= 4 is 11.7 Å². The maximum absolute atomic E-state index is 10.3. The summed E-state index contributed by atoms with van der Waals surface area (Å²) >= 11 is 0. The van der Waals surface area contributed by atoms with Crippen molar-refractivity contribution in [1.82, 2.24) is 0 Å². The van der Waals surface area contributed by atoms with Crippen LogP contribution in [-0.2, 0) is 0 Å². The molecule has 1 aromatic rings. The summed E-state index contributed by atoms with van der Waals surface area (Å²) in [5.74, 6) is 0.0938. The Morgan fingerprint density at radius 3 is 2.82 bits per heavy atom. The predicted octanol–water partition coefficient (Wildman–Crippen LogP) is 0.883. The van der Waals surface area contributed by atoms with E-state index in [0.29, 0.717) is 5.69 Å². The minimum absolute atomic E-state index is 0.0938. The van der Waals surface area contributed by atoms with E-state index >= 15 is 0 Å². The van der Waals surface area contributed by atoms with Crippen molar-refractivity contribution < 1.29 is 9.90 Å². The maximum atomic E-state index is 10.3. The van der Waals surface area contributed by atoms with Crippen molar-refractivity contribution in [3.63, 3.8) is 0 Å². The van der Waals surface area contributed by atoms with E-state index in [-0.39, 0.29) is 5.75 Å². The molecule has 0 bridgehead atoms. The number of carbonyl (C=O) groups is 1. The second-order valence-electron chi connectivity index (χ2n) is 2.04. The molecule has 4 N–H and O–H groups in total. The van der Waals surface area contributed by atoms with Crippen LogP contribution in [0, 0.1) is 0 Å². The number of anilines is 1. The second kappa shape index (κ2) is 2.92. The van der Waals surface area contributed by atoms with Gasteiger partial charge in [-0.1, -0.05) is 6.07 Å². The van der Waals surface area contributed by atoms with Crippen molar-refractivity contribution in [2.75, 3.05) is 5.32 Å². The first-order chi connectivity index (χ1) is 5.18. The summed E-state index contributed by atoms with van der Waals surface area (Å²) in [7, 11) is 0. The van der Waals surface area contributed by atoms with Gasteiger partial charge in [-0.15, -0.1) is 0 Å². The third kappa shape index (κ3) is 2.17. The first-order valence-electron chi connectivity index (χ1n) is 3.04. The van der Waals surface area contributed by atoms with Crippen molar-refractivity contribution in [2.45, 2.75) is 0 Å². The van der Waals surface area contributed by atoms with Gasteiger partial charge in [-0.05, 0) is 12.1 Å². The van der Waals surface area contributed by atoms with Gasteiger partial charge in [0.2, 0.25) is 0 Å². The van der Waals surface area contributed by atoms with E-state index in [4.69, 9.17) is 10.8 Å². The zero-order valence-electron chi connectivity index (χ0n) is 5.74. The number of nitrogens with two attached hydrogens (primary N) is 1. The monoisotopic (exact) mass is 152 g/mol. The summed E-state index contributed by atoms with van der Waals surface area (Å²) in [6.07, 6.45) is 0. The van der Waals surface area contributed by atoms with Gasteiger partial charge in [0, 0.05) is 11.8 Å². The molecule has 0 radical (unpaired) electrons. The quantitative estimate of drug-likeness (QED) is 0.558. The molecule has 4 nitrogen and oxygen atoms in total. The van der Waals surface area contributed by atoms with Crippen LogP contribution in [0.15, 0.2) is 24.3 Å². The van der Waals surface area contributed by atoms with Crippen LogP contribution in [0.4, 0.5) is 10.5 Å². The molecular formula is C7H8N2O2. The van der Waals surface area contributed by atoms with E-state index in [2.05, 4.69) is 5.32 Å². The molecule has 0 unspecified atom stereocenters. The van der Waals surface area contributed by atoms with E-state index in [9.17, 15) is 4.79 Å². The Hall–Kier alpha value is -1.71. The Labute approximate surface area is 63.6 Å². The third-order valence-electron chi connectivity index (χ3n) is 1.11. The summed E-state index contributed by atoms with van der Waals surface area (Å²) < 4.78 is 0. The molecule has 0 heterocycles. The Bertz CT molecular complexity index is 273. The van der Waals surface area contributed by atoms with Crippen molar-refractivity contribution in [2.24, 2.45) is 5.73 Å². The molecule has 0 aliphatic carbocycles. The highest BCUT2D eigenvalue weighted by Crippen LogP contribution is 2.14. The summed E-state index contributed by atoms with van der Waals surface area (Å²) in [5, 5.41) is 11.3. The van der Waals surface area contributed by atoms with Crippen LogP contribution in [-0.4, -0.2) is 11.1 Å². The third-order valence-corrected chi connectivity index (χ3v) is 1.11. The molecule has 0 aromatic heterocycles. The van der Waals surface area contributed by atoms with Crippen molar-refractivity contribution in [3.05, 3.63) is 24.3 Å². The van der Waals surface area contributed by atoms with Crippen LogP contribution >= 0.6 is 0 Å². The topological polar surface area (TPSA) is 75.4 Å². The van der Waals surface area contributed by atoms with Crippen molar-refractivity contribution in [1.29, 1.82) is 0 Å². The van der Waals surface area contributed by atoms with E-state index in [1.165, 1.54) is 12.1 Å². The number of rotatable bonds is 1. The molecule has 0 saturated carbocycles. The van der Waals surface area contributed by atoms with Gasteiger partial charge in [-0.2, -0.15) is 0 Å². The van der Waals surface area contributed by atoms with E-state index in [1.807, 2.05) is 0 Å². The second-order valence-corrected chi connectivity index (χ2v) is 2.04. The normalized spacial score (nSPS) is 9.09. The summed E-state index contributed by atoms with van der Waals surface area (Å²) in [5.41, 5.74) is 5.33. The van der Waals surface area contributed by atoms with Crippen LogP contribution in [0.1, 0.15) is 0 Å². The lowest BCUT2D eigenvalue weighted by atomic mass is 10.3. The fraction of sp³-hybridized carbons (Fsp3) is 0. The van der Waals surface area contributed by atoms with Crippen LogP contribution in [0.2, 0.25) is 0 Å². The number of phenolic OH excluding ortho intramolecular Hbond substituents is 1. The van der Waals surface area contributed by atoms with Gasteiger partial charge < -0.3 is 16.2 Å². The highest BCUT2D eigenvalue weighted by Gasteiger charge is 1.94.